The van der Waals surface area contributed by atoms with Gasteiger partial charge in [0.05, 0.1) is 6.10 Å². The number of aliphatic hydroxyl groups is 1. The van der Waals surface area contributed by atoms with Crippen LogP contribution in [0.3, 0.4) is 0 Å². The fourth-order valence-electron chi connectivity index (χ4n) is 1.65. The summed E-state index contributed by atoms with van der Waals surface area (Å²) in [6.45, 7) is 3.26. The van der Waals surface area contributed by atoms with Crippen LogP contribution in [0.2, 0.25) is 0 Å². The van der Waals surface area contributed by atoms with E-state index in [0.29, 0.717) is 13.0 Å². The van der Waals surface area contributed by atoms with Crippen molar-refractivity contribution in [3.05, 3.63) is 0 Å². The third kappa shape index (κ3) is 6.12. The van der Waals surface area contributed by atoms with Gasteiger partial charge in [-0.15, -0.1) is 0 Å². The Balaban J connectivity index is 2.03. The van der Waals surface area contributed by atoms with Crippen LogP contribution < -0.4 is 0 Å². The summed E-state index contributed by atoms with van der Waals surface area (Å²) in [5.74, 6) is 5.84. The van der Waals surface area contributed by atoms with Gasteiger partial charge in [0.15, 0.2) is 6.29 Å². The van der Waals surface area contributed by atoms with Crippen LogP contribution in [0, 0.1) is 11.8 Å². The van der Waals surface area contributed by atoms with Crippen LogP contribution >= 0.6 is 0 Å². The lowest BCUT2D eigenvalue weighted by Crippen LogP contribution is -2.22. The highest BCUT2D eigenvalue weighted by atomic mass is 16.7. The second-order valence-electron chi connectivity index (χ2n) is 4.11. The lowest BCUT2D eigenvalue weighted by Gasteiger charge is -2.21. The molecule has 16 heavy (non-hydrogen) atoms. The smallest absolute Gasteiger partial charge is 0.158 e. The van der Waals surface area contributed by atoms with Gasteiger partial charge in [0.1, 0.15) is 6.61 Å². The van der Waals surface area contributed by atoms with Gasteiger partial charge < -0.3 is 14.6 Å². The van der Waals surface area contributed by atoms with Gasteiger partial charge in [-0.1, -0.05) is 25.2 Å². The van der Waals surface area contributed by atoms with E-state index >= 15 is 0 Å². The Morgan fingerprint density at radius 3 is 3.00 bits per heavy atom. The molecule has 1 rings (SSSR count). The molecule has 1 saturated heterocycles. The lowest BCUT2D eigenvalue weighted by atomic mass is 10.1. The molecule has 0 saturated carbocycles. The van der Waals surface area contributed by atoms with E-state index in [1.165, 1.54) is 6.42 Å². The molecule has 0 aromatic heterocycles. The lowest BCUT2D eigenvalue weighted by molar-refractivity contribution is -0.154. The molecule has 1 heterocycles. The molecule has 0 amide bonds. The average Bonchev–Trinajstić information content (AvgIpc) is 2.30. The number of hydrogen-bond acceptors (Lipinski definition) is 3. The fourth-order valence-corrected chi connectivity index (χ4v) is 1.65. The average molecular weight is 226 g/mol. The maximum atomic E-state index is 9.43. The zero-order valence-corrected chi connectivity index (χ0v) is 10.1. The first kappa shape index (κ1) is 13.5. The molecule has 0 bridgehead atoms. The first-order chi connectivity index (χ1) is 7.83. The van der Waals surface area contributed by atoms with Crippen LogP contribution in [0.15, 0.2) is 0 Å². The molecule has 0 spiro atoms. The Morgan fingerprint density at radius 1 is 1.44 bits per heavy atom. The van der Waals surface area contributed by atoms with Crippen molar-refractivity contribution in [2.45, 2.75) is 57.8 Å². The van der Waals surface area contributed by atoms with E-state index in [-0.39, 0.29) is 12.4 Å². The van der Waals surface area contributed by atoms with Gasteiger partial charge >= 0.3 is 0 Å². The number of rotatable bonds is 5. The molecule has 1 aliphatic heterocycles. The van der Waals surface area contributed by atoms with Gasteiger partial charge in [0.2, 0.25) is 0 Å². The second-order valence-corrected chi connectivity index (χ2v) is 4.11. The zero-order valence-electron chi connectivity index (χ0n) is 10.1. The third-order valence-electron chi connectivity index (χ3n) is 2.56. The molecule has 0 radical (unpaired) electrons. The number of hydrogen-bond donors (Lipinski definition) is 1. The van der Waals surface area contributed by atoms with Crippen LogP contribution in [0.25, 0.3) is 0 Å². The second kappa shape index (κ2) is 8.58. The highest BCUT2D eigenvalue weighted by Gasteiger charge is 2.12. The van der Waals surface area contributed by atoms with Gasteiger partial charge in [-0.3, -0.25) is 0 Å². The molecule has 0 aromatic carbocycles. The van der Waals surface area contributed by atoms with E-state index in [9.17, 15) is 5.11 Å². The van der Waals surface area contributed by atoms with Gasteiger partial charge in [-0.25, -0.2) is 0 Å². The van der Waals surface area contributed by atoms with E-state index in [4.69, 9.17) is 9.47 Å². The monoisotopic (exact) mass is 226 g/mol. The van der Waals surface area contributed by atoms with Gasteiger partial charge in [-0.05, 0) is 25.7 Å². The summed E-state index contributed by atoms with van der Waals surface area (Å²) in [5.41, 5.74) is 0. The van der Waals surface area contributed by atoms with E-state index in [1.807, 2.05) is 0 Å². The Morgan fingerprint density at radius 2 is 2.31 bits per heavy atom. The number of ether oxygens (including phenoxy) is 2. The molecular weight excluding hydrogens is 204 g/mol. The van der Waals surface area contributed by atoms with E-state index in [2.05, 4.69) is 18.8 Å². The molecule has 3 nitrogen and oxygen atoms in total. The Bertz CT molecular complexity index is 223. The first-order valence-electron chi connectivity index (χ1n) is 6.20. The van der Waals surface area contributed by atoms with Crippen molar-refractivity contribution in [2.24, 2.45) is 0 Å². The molecule has 1 N–H and O–H groups in total. The van der Waals surface area contributed by atoms with Gasteiger partial charge in [0.25, 0.3) is 0 Å². The SMILES string of the molecule is CCCC(O)CC#CCOC1CCCCO1. The van der Waals surface area contributed by atoms with Crippen molar-refractivity contribution < 1.29 is 14.6 Å². The number of aliphatic hydroxyl groups excluding tert-OH is 1. The normalized spacial score (nSPS) is 22.2. The van der Waals surface area contributed by atoms with Crippen molar-refractivity contribution in [3.8, 4) is 11.8 Å². The maximum Gasteiger partial charge on any atom is 0.158 e. The van der Waals surface area contributed by atoms with E-state index < -0.39 is 0 Å². The van der Waals surface area contributed by atoms with Crippen LogP contribution in [0.5, 0.6) is 0 Å². The Kier molecular flexibility index (Phi) is 7.24. The molecule has 92 valence electrons. The molecule has 0 aromatic rings. The minimum Gasteiger partial charge on any atom is -0.392 e. The summed E-state index contributed by atoms with van der Waals surface area (Å²) >= 11 is 0. The predicted octanol–water partition coefficient (Wildman–Crippen LogP) is 2.08. The highest BCUT2D eigenvalue weighted by molar-refractivity contribution is 5.00. The van der Waals surface area contributed by atoms with Crippen molar-refractivity contribution in [2.75, 3.05) is 13.2 Å². The molecule has 1 aliphatic rings. The summed E-state index contributed by atoms with van der Waals surface area (Å²) in [5, 5.41) is 9.43. The highest BCUT2D eigenvalue weighted by Crippen LogP contribution is 2.13. The predicted molar refractivity (Wildman–Crippen MR) is 62.9 cm³/mol. The van der Waals surface area contributed by atoms with Crippen LogP contribution in [-0.2, 0) is 9.47 Å². The minimum atomic E-state index is -0.288. The van der Waals surface area contributed by atoms with Crippen molar-refractivity contribution >= 4 is 0 Å². The van der Waals surface area contributed by atoms with Crippen LogP contribution in [0.1, 0.15) is 45.4 Å². The van der Waals surface area contributed by atoms with E-state index in [0.717, 1.165) is 32.3 Å². The third-order valence-corrected chi connectivity index (χ3v) is 2.56. The molecule has 3 heteroatoms. The van der Waals surface area contributed by atoms with Gasteiger partial charge in [0, 0.05) is 13.0 Å². The largest absolute Gasteiger partial charge is 0.392 e. The standard InChI is InChI=1S/C13H22O3/c1-2-7-12(14)8-3-5-10-15-13-9-4-6-11-16-13/h12-14H,2,4,6-11H2,1H3. The zero-order chi connectivity index (χ0) is 11.6. The van der Waals surface area contributed by atoms with Gasteiger partial charge in [-0.2, -0.15) is 0 Å². The molecule has 2 unspecified atom stereocenters. The molecule has 1 fully saturated rings. The van der Waals surface area contributed by atoms with E-state index in [1.54, 1.807) is 0 Å². The molecule has 2 atom stereocenters. The van der Waals surface area contributed by atoms with Crippen LogP contribution in [0.4, 0.5) is 0 Å². The molecular formula is C13H22O3. The topological polar surface area (TPSA) is 38.7 Å². The van der Waals surface area contributed by atoms with Crippen molar-refractivity contribution in [1.29, 1.82) is 0 Å². The summed E-state index contributed by atoms with van der Waals surface area (Å²) in [6, 6.07) is 0. The van der Waals surface area contributed by atoms with Crippen molar-refractivity contribution in [1.82, 2.24) is 0 Å². The fraction of sp³-hybridized carbons (Fsp3) is 0.846. The Hall–Kier alpha value is -0.560. The summed E-state index contributed by atoms with van der Waals surface area (Å²) in [6.07, 6.45) is 5.29. The summed E-state index contributed by atoms with van der Waals surface area (Å²) in [4.78, 5) is 0. The van der Waals surface area contributed by atoms with Crippen molar-refractivity contribution in [3.63, 3.8) is 0 Å². The summed E-state index contributed by atoms with van der Waals surface area (Å²) < 4.78 is 10.9. The Labute approximate surface area is 98.1 Å². The quantitative estimate of drug-likeness (QED) is 0.729. The molecule has 0 aliphatic carbocycles. The van der Waals surface area contributed by atoms with Crippen LogP contribution in [-0.4, -0.2) is 30.7 Å². The first-order valence-corrected chi connectivity index (χ1v) is 6.20. The maximum absolute atomic E-state index is 9.43. The summed E-state index contributed by atoms with van der Waals surface area (Å²) in [7, 11) is 0. The minimum absolute atomic E-state index is 0.0661.